The average molecular weight is 250 g/mol. The molecule has 2 atom stereocenters. The first-order valence-electron chi connectivity index (χ1n) is 6.37. The Morgan fingerprint density at radius 1 is 1.50 bits per heavy atom. The lowest BCUT2D eigenvalue weighted by atomic mass is 9.68. The summed E-state index contributed by atoms with van der Waals surface area (Å²) >= 11 is 0. The van der Waals surface area contributed by atoms with Crippen LogP contribution >= 0.6 is 0 Å². The van der Waals surface area contributed by atoms with Gasteiger partial charge in [0, 0.05) is 5.92 Å². The predicted molar refractivity (Wildman–Crippen MR) is 71.2 cm³/mol. The first-order valence-corrected chi connectivity index (χ1v) is 6.37. The van der Waals surface area contributed by atoms with Gasteiger partial charge in [-0.3, -0.25) is 9.59 Å². The van der Waals surface area contributed by atoms with Gasteiger partial charge in [-0.15, -0.1) is 0 Å². The lowest BCUT2D eigenvalue weighted by molar-refractivity contribution is -0.144. The second kappa shape index (κ2) is 5.51. The Kier molecular flexibility index (Phi) is 4.49. The number of allylic oxidation sites excluding steroid dienone is 4. The highest BCUT2D eigenvalue weighted by Crippen LogP contribution is 2.41. The Labute approximate surface area is 109 Å². The number of rotatable bonds is 4. The van der Waals surface area contributed by atoms with Crippen molar-refractivity contribution in [3.05, 3.63) is 23.8 Å². The molecule has 2 unspecified atom stereocenters. The number of carboxylic acids is 1. The third kappa shape index (κ3) is 3.31. The standard InChI is InChI=1S/C15H22O3/c1-10-6-5-9-15(3,4)12(10)7-8-13(16)11(2)14(17)18/h6-8,11-12H,5,9H2,1-4H3,(H,17,18)/b8-7+. The molecule has 0 aromatic rings. The van der Waals surface area contributed by atoms with Gasteiger partial charge in [-0.25, -0.2) is 0 Å². The minimum Gasteiger partial charge on any atom is -0.481 e. The number of carbonyl (C=O) groups is 2. The maximum absolute atomic E-state index is 11.7. The van der Waals surface area contributed by atoms with E-state index in [1.54, 1.807) is 0 Å². The molecule has 100 valence electrons. The number of carbonyl (C=O) groups excluding carboxylic acids is 1. The van der Waals surface area contributed by atoms with Crippen LogP contribution in [0.2, 0.25) is 0 Å². The van der Waals surface area contributed by atoms with Crippen LogP contribution in [0.3, 0.4) is 0 Å². The fourth-order valence-electron chi connectivity index (χ4n) is 2.44. The van der Waals surface area contributed by atoms with Crippen molar-refractivity contribution in [3.8, 4) is 0 Å². The third-order valence-electron chi connectivity index (χ3n) is 3.84. The first-order chi connectivity index (χ1) is 8.25. The summed E-state index contributed by atoms with van der Waals surface area (Å²) in [6.45, 7) is 7.86. The zero-order chi connectivity index (χ0) is 13.9. The highest BCUT2D eigenvalue weighted by Gasteiger charge is 2.31. The summed E-state index contributed by atoms with van der Waals surface area (Å²) in [5.74, 6) is -2.15. The molecule has 0 saturated heterocycles. The zero-order valence-corrected chi connectivity index (χ0v) is 11.6. The van der Waals surface area contributed by atoms with E-state index in [4.69, 9.17) is 5.11 Å². The van der Waals surface area contributed by atoms with Gasteiger partial charge in [0.1, 0.15) is 5.92 Å². The van der Waals surface area contributed by atoms with E-state index in [0.717, 1.165) is 12.8 Å². The summed E-state index contributed by atoms with van der Waals surface area (Å²) in [5.41, 5.74) is 1.39. The van der Waals surface area contributed by atoms with Gasteiger partial charge in [-0.1, -0.05) is 31.6 Å². The van der Waals surface area contributed by atoms with E-state index in [2.05, 4.69) is 26.8 Å². The monoisotopic (exact) mass is 250 g/mol. The summed E-state index contributed by atoms with van der Waals surface area (Å²) in [5, 5.41) is 8.78. The highest BCUT2D eigenvalue weighted by molar-refractivity contribution is 6.03. The van der Waals surface area contributed by atoms with Crippen LogP contribution in [0.4, 0.5) is 0 Å². The molecule has 18 heavy (non-hydrogen) atoms. The molecule has 0 heterocycles. The molecule has 1 aliphatic carbocycles. The molecule has 3 nitrogen and oxygen atoms in total. The molecular formula is C15H22O3. The molecule has 1 rings (SSSR count). The van der Waals surface area contributed by atoms with Crippen LogP contribution in [0.25, 0.3) is 0 Å². The van der Waals surface area contributed by atoms with Crippen molar-refractivity contribution in [1.29, 1.82) is 0 Å². The van der Waals surface area contributed by atoms with Crippen molar-refractivity contribution in [1.82, 2.24) is 0 Å². The molecule has 0 aromatic heterocycles. The number of carboxylic acid groups (broad SMARTS) is 1. The molecule has 3 heteroatoms. The average Bonchev–Trinajstić information content (AvgIpc) is 2.25. The van der Waals surface area contributed by atoms with Gasteiger partial charge < -0.3 is 5.11 Å². The molecule has 0 fully saturated rings. The Hall–Kier alpha value is -1.38. The van der Waals surface area contributed by atoms with Crippen LogP contribution < -0.4 is 0 Å². The molecule has 0 radical (unpaired) electrons. The van der Waals surface area contributed by atoms with E-state index < -0.39 is 11.9 Å². The molecule has 0 aromatic carbocycles. The van der Waals surface area contributed by atoms with Crippen molar-refractivity contribution < 1.29 is 14.7 Å². The van der Waals surface area contributed by atoms with Crippen LogP contribution in [0.15, 0.2) is 23.8 Å². The highest BCUT2D eigenvalue weighted by atomic mass is 16.4. The molecule has 1 N–H and O–H groups in total. The van der Waals surface area contributed by atoms with Gasteiger partial charge >= 0.3 is 5.97 Å². The normalized spacial score (nSPS) is 24.7. The van der Waals surface area contributed by atoms with E-state index in [9.17, 15) is 9.59 Å². The summed E-state index contributed by atoms with van der Waals surface area (Å²) in [7, 11) is 0. The Morgan fingerprint density at radius 3 is 2.61 bits per heavy atom. The second-order valence-corrected chi connectivity index (χ2v) is 5.77. The summed E-state index contributed by atoms with van der Waals surface area (Å²) in [6.07, 6.45) is 7.66. The Balaban J connectivity index is 2.82. The van der Waals surface area contributed by atoms with Crippen molar-refractivity contribution in [2.24, 2.45) is 17.3 Å². The molecule has 0 bridgehead atoms. The second-order valence-electron chi connectivity index (χ2n) is 5.77. The van der Waals surface area contributed by atoms with Crippen LogP contribution in [0, 0.1) is 17.3 Å². The Bertz CT molecular complexity index is 402. The van der Waals surface area contributed by atoms with E-state index >= 15 is 0 Å². The lowest BCUT2D eigenvalue weighted by Crippen LogP contribution is -2.27. The third-order valence-corrected chi connectivity index (χ3v) is 3.84. The van der Waals surface area contributed by atoms with E-state index in [-0.39, 0.29) is 17.1 Å². The predicted octanol–water partition coefficient (Wildman–Crippen LogP) is 3.21. The zero-order valence-electron chi connectivity index (χ0n) is 11.6. The van der Waals surface area contributed by atoms with Crippen molar-refractivity contribution >= 4 is 11.8 Å². The van der Waals surface area contributed by atoms with Gasteiger partial charge in [0.25, 0.3) is 0 Å². The molecular weight excluding hydrogens is 228 g/mol. The number of aliphatic carboxylic acids is 1. The maximum Gasteiger partial charge on any atom is 0.314 e. The molecule has 1 aliphatic rings. The van der Waals surface area contributed by atoms with Gasteiger partial charge in [-0.2, -0.15) is 0 Å². The number of hydrogen-bond acceptors (Lipinski definition) is 2. The fraction of sp³-hybridized carbons (Fsp3) is 0.600. The first kappa shape index (κ1) is 14.7. The number of ketones is 1. The van der Waals surface area contributed by atoms with Crippen molar-refractivity contribution in [3.63, 3.8) is 0 Å². The van der Waals surface area contributed by atoms with E-state index in [1.165, 1.54) is 18.6 Å². The van der Waals surface area contributed by atoms with Gasteiger partial charge in [-0.05, 0) is 38.2 Å². The van der Waals surface area contributed by atoms with Crippen molar-refractivity contribution in [2.45, 2.75) is 40.5 Å². The van der Waals surface area contributed by atoms with Gasteiger partial charge in [0.2, 0.25) is 0 Å². The van der Waals surface area contributed by atoms with Crippen LogP contribution in [-0.2, 0) is 9.59 Å². The van der Waals surface area contributed by atoms with Crippen molar-refractivity contribution in [2.75, 3.05) is 0 Å². The maximum atomic E-state index is 11.7. The quantitative estimate of drug-likeness (QED) is 0.473. The van der Waals surface area contributed by atoms with Gasteiger partial charge in [0.05, 0.1) is 0 Å². The topological polar surface area (TPSA) is 54.4 Å². The SMILES string of the molecule is CC1=CCCC(C)(C)C1/C=C/C(=O)C(C)C(=O)O. The molecule has 0 saturated carbocycles. The minimum absolute atomic E-state index is 0.127. The molecule has 0 spiro atoms. The minimum atomic E-state index is -1.07. The molecule has 0 amide bonds. The Morgan fingerprint density at radius 2 is 2.11 bits per heavy atom. The number of hydrogen-bond donors (Lipinski definition) is 1. The van der Waals surface area contributed by atoms with Crippen LogP contribution in [-0.4, -0.2) is 16.9 Å². The van der Waals surface area contributed by atoms with Crippen LogP contribution in [0.5, 0.6) is 0 Å². The van der Waals surface area contributed by atoms with E-state index in [1.807, 2.05) is 6.08 Å². The lowest BCUT2D eigenvalue weighted by Gasteiger charge is -2.36. The smallest absolute Gasteiger partial charge is 0.314 e. The summed E-state index contributed by atoms with van der Waals surface area (Å²) in [4.78, 5) is 22.4. The molecule has 0 aliphatic heterocycles. The summed E-state index contributed by atoms with van der Waals surface area (Å²) < 4.78 is 0. The van der Waals surface area contributed by atoms with Gasteiger partial charge in [0.15, 0.2) is 5.78 Å². The van der Waals surface area contributed by atoms with Crippen LogP contribution in [0.1, 0.15) is 40.5 Å². The van der Waals surface area contributed by atoms with E-state index in [0.29, 0.717) is 0 Å². The largest absolute Gasteiger partial charge is 0.481 e. The fourth-order valence-corrected chi connectivity index (χ4v) is 2.44. The summed E-state index contributed by atoms with van der Waals surface area (Å²) in [6, 6.07) is 0.